The number of amides is 1. The van der Waals surface area contributed by atoms with E-state index in [9.17, 15) is 9.59 Å². The van der Waals surface area contributed by atoms with Crippen molar-refractivity contribution < 1.29 is 4.79 Å². The number of fused-ring (bicyclic) bond motifs is 4. The molecule has 0 spiro atoms. The summed E-state index contributed by atoms with van der Waals surface area (Å²) in [7, 11) is 0. The summed E-state index contributed by atoms with van der Waals surface area (Å²) in [6.07, 6.45) is 2.85. The van der Waals surface area contributed by atoms with Gasteiger partial charge in [-0.15, -0.1) is 0 Å². The Kier molecular flexibility index (Phi) is 4.04. The highest BCUT2D eigenvalue weighted by Gasteiger charge is 2.61. The largest absolute Gasteiger partial charge is 0.341 e. The highest BCUT2D eigenvalue weighted by atomic mass is 35.5. The zero-order valence-corrected chi connectivity index (χ0v) is 15.9. The van der Waals surface area contributed by atoms with Crippen LogP contribution in [-0.4, -0.2) is 28.5 Å². The minimum atomic E-state index is -0.104. The van der Waals surface area contributed by atoms with Crippen molar-refractivity contribution in [1.82, 2.24) is 9.47 Å². The summed E-state index contributed by atoms with van der Waals surface area (Å²) in [4.78, 5) is 27.2. The molecule has 6 heteroatoms. The Labute approximate surface area is 157 Å². The van der Waals surface area contributed by atoms with Crippen molar-refractivity contribution in [2.75, 3.05) is 13.1 Å². The molecule has 0 radical (unpaired) electrons. The van der Waals surface area contributed by atoms with Gasteiger partial charge in [0, 0.05) is 37.3 Å². The molecule has 4 nitrogen and oxygen atoms in total. The molecule has 1 saturated heterocycles. The van der Waals surface area contributed by atoms with E-state index in [1.54, 1.807) is 12.1 Å². The molecular weight excluding hydrogens is 359 g/mol. The molecule has 1 saturated carbocycles. The second-order valence-electron chi connectivity index (χ2n) is 8.22. The van der Waals surface area contributed by atoms with Crippen molar-refractivity contribution in [3.8, 4) is 0 Å². The molecule has 0 unspecified atom stereocenters. The molecule has 25 heavy (non-hydrogen) atoms. The van der Waals surface area contributed by atoms with Gasteiger partial charge in [0.1, 0.15) is 4.49 Å². The van der Waals surface area contributed by atoms with E-state index < -0.39 is 0 Å². The predicted molar refractivity (Wildman–Crippen MR) is 98.7 cm³/mol. The standard InChI is InChI=1S/C19H22Cl2N2O2/c1-19(2)13(7-15(20)21)17(19)18(25)22-8-11-6-12(10-22)14-4-3-5-16(24)23(14)9-11/h3-5,7,11-13,17H,6,8-10H2,1-2H3/t11-,12+,13+,17-/m0/s1. The molecule has 1 aromatic rings. The van der Waals surface area contributed by atoms with E-state index in [1.807, 2.05) is 21.6 Å². The van der Waals surface area contributed by atoms with Gasteiger partial charge in [-0.05, 0) is 35.8 Å². The van der Waals surface area contributed by atoms with Crippen LogP contribution in [0.15, 0.2) is 33.6 Å². The molecule has 1 aliphatic carbocycles. The molecule has 1 amide bonds. The van der Waals surface area contributed by atoms with Gasteiger partial charge in [-0.25, -0.2) is 0 Å². The van der Waals surface area contributed by atoms with Gasteiger partial charge in [0.05, 0.1) is 5.92 Å². The highest BCUT2D eigenvalue weighted by Crippen LogP contribution is 2.60. The van der Waals surface area contributed by atoms with Gasteiger partial charge < -0.3 is 9.47 Å². The maximum atomic E-state index is 13.1. The molecule has 2 fully saturated rings. The van der Waals surface area contributed by atoms with Crippen molar-refractivity contribution in [2.45, 2.75) is 32.7 Å². The molecule has 1 aromatic heterocycles. The molecule has 2 aliphatic heterocycles. The first-order valence-corrected chi connectivity index (χ1v) is 9.56. The molecule has 3 heterocycles. The summed E-state index contributed by atoms with van der Waals surface area (Å²) < 4.78 is 2.12. The zero-order valence-electron chi connectivity index (χ0n) is 14.4. The smallest absolute Gasteiger partial charge is 0.250 e. The second-order valence-corrected chi connectivity index (χ2v) is 9.23. The Morgan fingerprint density at radius 3 is 2.72 bits per heavy atom. The maximum Gasteiger partial charge on any atom is 0.250 e. The summed E-state index contributed by atoms with van der Waals surface area (Å²) >= 11 is 11.6. The monoisotopic (exact) mass is 380 g/mol. The third kappa shape index (κ3) is 2.83. The Bertz CT molecular complexity index is 810. The van der Waals surface area contributed by atoms with Crippen LogP contribution < -0.4 is 5.56 Å². The Balaban J connectivity index is 1.56. The minimum Gasteiger partial charge on any atom is -0.341 e. The minimum absolute atomic E-state index is 0.0585. The summed E-state index contributed by atoms with van der Waals surface area (Å²) in [5.74, 6) is 0.835. The van der Waals surface area contributed by atoms with Crippen LogP contribution in [0.4, 0.5) is 0 Å². The number of nitrogens with zero attached hydrogens (tertiary/aromatic N) is 2. The third-order valence-electron chi connectivity index (χ3n) is 6.27. The molecule has 4 rings (SSSR count). The Morgan fingerprint density at radius 1 is 1.24 bits per heavy atom. The normalized spacial score (nSPS) is 31.9. The third-order valence-corrected chi connectivity index (χ3v) is 6.53. The molecule has 0 N–H and O–H groups in total. The zero-order chi connectivity index (χ0) is 17.9. The van der Waals surface area contributed by atoms with Crippen molar-refractivity contribution in [3.05, 3.63) is 44.8 Å². The summed E-state index contributed by atoms with van der Waals surface area (Å²) in [6, 6.07) is 5.46. The van der Waals surface area contributed by atoms with E-state index in [2.05, 4.69) is 13.8 Å². The molecule has 2 bridgehead atoms. The Morgan fingerprint density at radius 2 is 2.00 bits per heavy atom. The van der Waals surface area contributed by atoms with Crippen LogP contribution in [-0.2, 0) is 11.3 Å². The van der Waals surface area contributed by atoms with Crippen LogP contribution in [0, 0.1) is 23.2 Å². The maximum absolute atomic E-state index is 13.1. The van der Waals surface area contributed by atoms with Crippen LogP contribution in [0.3, 0.4) is 0 Å². The lowest BCUT2D eigenvalue weighted by molar-refractivity contribution is -0.136. The molecule has 3 aliphatic rings. The first kappa shape index (κ1) is 17.2. The van der Waals surface area contributed by atoms with Gasteiger partial charge in [-0.3, -0.25) is 9.59 Å². The quantitative estimate of drug-likeness (QED) is 0.788. The van der Waals surface area contributed by atoms with E-state index in [4.69, 9.17) is 23.2 Å². The number of halogens is 2. The lowest BCUT2D eigenvalue weighted by Crippen LogP contribution is -2.49. The average molecular weight is 381 g/mol. The number of aromatic nitrogens is 1. The van der Waals surface area contributed by atoms with Crippen molar-refractivity contribution >= 4 is 29.1 Å². The number of carbonyl (C=O) groups excluding carboxylic acids is 1. The van der Waals surface area contributed by atoms with Gasteiger partial charge in [-0.2, -0.15) is 0 Å². The SMILES string of the molecule is CC1(C)[C@H](C=C(Cl)Cl)[C@H]1C(=O)N1C[C@@H]2C[C@H](C1)c1cccc(=O)n1C2. The number of hydrogen-bond donors (Lipinski definition) is 0. The lowest BCUT2D eigenvalue weighted by atomic mass is 9.83. The van der Waals surface area contributed by atoms with Crippen molar-refractivity contribution in [2.24, 2.45) is 23.2 Å². The number of hydrogen-bond acceptors (Lipinski definition) is 2. The number of carbonyl (C=O) groups is 1. The van der Waals surface area contributed by atoms with Crippen LogP contribution in [0.5, 0.6) is 0 Å². The van der Waals surface area contributed by atoms with Crippen molar-refractivity contribution in [1.29, 1.82) is 0 Å². The van der Waals surface area contributed by atoms with E-state index in [0.717, 1.165) is 18.7 Å². The number of likely N-dealkylation sites (tertiary alicyclic amines) is 1. The van der Waals surface area contributed by atoms with Crippen LogP contribution in [0.25, 0.3) is 0 Å². The lowest BCUT2D eigenvalue weighted by Gasteiger charge is -2.43. The number of piperidine rings is 1. The molecule has 4 atom stereocenters. The fraction of sp³-hybridized carbons (Fsp3) is 0.579. The number of pyridine rings is 1. The van der Waals surface area contributed by atoms with Crippen molar-refractivity contribution in [3.63, 3.8) is 0 Å². The first-order chi connectivity index (χ1) is 11.8. The van der Waals surface area contributed by atoms with E-state index in [1.165, 1.54) is 0 Å². The average Bonchev–Trinajstić information content (AvgIpc) is 3.07. The van der Waals surface area contributed by atoms with Crippen LogP contribution in [0.2, 0.25) is 0 Å². The topological polar surface area (TPSA) is 42.3 Å². The Hall–Kier alpha value is -1.26. The number of allylic oxidation sites excluding steroid dienone is 1. The fourth-order valence-electron chi connectivity index (χ4n) is 4.87. The van der Waals surface area contributed by atoms with Gasteiger partial charge in [0.2, 0.25) is 5.91 Å². The summed E-state index contributed by atoms with van der Waals surface area (Å²) in [5, 5.41) is 0. The van der Waals surface area contributed by atoms with Gasteiger partial charge in [-0.1, -0.05) is 43.1 Å². The first-order valence-electron chi connectivity index (χ1n) is 8.80. The van der Waals surface area contributed by atoms with Gasteiger partial charge >= 0.3 is 0 Å². The fourth-order valence-corrected chi connectivity index (χ4v) is 5.14. The predicted octanol–water partition coefficient (Wildman–Crippen LogP) is 3.39. The summed E-state index contributed by atoms with van der Waals surface area (Å²) in [5.41, 5.74) is 1.03. The molecular formula is C19H22Cl2N2O2. The number of rotatable bonds is 2. The van der Waals surface area contributed by atoms with Crippen LogP contribution in [0.1, 0.15) is 31.9 Å². The highest BCUT2D eigenvalue weighted by molar-refractivity contribution is 6.55. The van der Waals surface area contributed by atoms with E-state index >= 15 is 0 Å². The summed E-state index contributed by atoms with van der Waals surface area (Å²) in [6.45, 7) is 6.31. The van der Waals surface area contributed by atoms with E-state index in [0.29, 0.717) is 19.0 Å². The molecule has 0 aromatic carbocycles. The molecule has 134 valence electrons. The van der Waals surface area contributed by atoms with E-state index in [-0.39, 0.29) is 39.1 Å². The van der Waals surface area contributed by atoms with Crippen LogP contribution >= 0.6 is 23.2 Å². The second kappa shape index (κ2) is 5.88. The van der Waals surface area contributed by atoms with Gasteiger partial charge in [0.25, 0.3) is 5.56 Å². The van der Waals surface area contributed by atoms with Gasteiger partial charge in [0.15, 0.2) is 0 Å².